The number of carbonyl (C=O) groups excluding carboxylic acids is 1. The Morgan fingerprint density at radius 3 is 2.65 bits per heavy atom. The molecule has 12 heteroatoms. The maximum Gasteiger partial charge on any atom is 0.326 e. The zero-order valence-corrected chi connectivity index (χ0v) is 26.5. The largest absolute Gasteiger partial charge is 0.497 e. The molecule has 7 rings (SSSR count). The van der Waals surface area contributed by atoms with Gasteiger partial charge in [0.15, 0.2) is 11.5 Å². The SMILES string of the molecule is COc1ccc(CN(Cc2ccc3c(c2)OCO3)Cc2nc(C(=O)N3CCC(n4c(=O)[nH]c5ccccc54)CC3)cs2)c(OC)c1. The first-order valence-electron chi connectivity index (χ1n) is 15.2. The van der Waals surface area contributed by atoms with E-state index in [9.17, 15) is 9.59 Å². The van der Waals surface area contributed by atoms with Gasteiger partial charge in [-0.1, -0.05) is 24.3 Å². The number of piperidine rings is 1. The van der Waals surface area contributed by atoms with Gasteiger partial charge in [-0.3, -0.25) is 14.3 Å². The van der Waals surface area contributed by atoms with Crippen molar-refractivity contribution in [2.45, 2.75) is 38.5 Å². The van der Waals surface area contributed by atoms with Gasteiger partial charge < -0.3 is 28.8 Å². The van der Waals surface area contributed by atoms with Crippen molar-refractivity contribution in [3.05, 3.63) is 98.4 Å². The molecule has 2 aliphatic rings. The van der Waals surface area contributed by atoms with E-state index in [4.69, 9.17) is 23.9 Å². The van der Waals surface area contributed by atoms with Crippen molar-refractivity contribution >= 4 is 28.3 Å². The average Bonchev–Trinajstić information content (AvgIpc) is 3.83. The first kappa shape index (κ1) is 29.9. The number of H-pyrrole nitrogens is 1. The lowest BCUT2D eigenvalue weighted by molar-refractivity contribution is 0.0689. The molecule has 2 aliphatic heterocycles. The summed E-state index contributed by atoms with van der Waals surface area (Å²) in [7, 11) is 3.29. The Kier molecular flexibility index (Phi) is 8.37. The molecule has 0 unspecified atom stereocenters. The van der Waals surface area contributed by atoms with E-state index in [1.54, 1.807) is 14.2 Å². The number of aromatic nitrogens is 3. The number of fused-ring (bicyclic) bond motifs is 2. The van der Waals surface area contributed by atoms with E-state index < -0.39 is 0 Å². The smallest absolute Gasteiger partial charge is 0.326 e. The minimum absolute atomic E-state index is 0.0402. The third-order valence-corrected chi connectivity index (χ3v) is 9.44. The maximum atomic E-state index is 13.5. The van der Waals surface area contributed by atoms with Gasteiger partial charge in [-0.15, -0.1) is 11.3 Å². The van der Waals surface area contributed by atoms with Crippen LogP contribution < -0.4 is 24.6 Å². The molecule has 46 heavy (non-hydrogen) atoms. The molecule has 0 spiro atoms. The Morgan fingerprint density at radius 2 is 1.83 bits per heavy atom. The average molecular weight is 642 g/mol. The van der Waals surface area contributed by atoms with Crippen LogP contribution in [0.1, 0.15) is 45.5 Å². The number of aromatic amines is 1. The molecular weight excluding hydrogens is 606 g/mol. The van der Waals surface area contributed by atoms with Crippen LogP contribution in [0.4, 0.5) is 0 Å². The number of ether oxygens (including phenoxy) is 4. The van der Waals surface area contributed by atoms with Gasteiger partial charge in [0.25, 0.3) is 5.91 Å². The fourth-order valence-electron chi connectivity index (χ4n) is 6.29. The van der Waals surface area contributed by atoms with Gasteiger partial charge >= 0.3 is 5.69 Å². The van der Waals surface area contributed by atoms with Crippen LogP contribution in [0.3, 0.4) is 0 Å². The van der Waals surface area contributed by atoms with Crippen LogP contribution in [0.15, 0.2) is 70.8 Å². The highest BCUT2D eigenvalue weighted by molar-refractivity contribution is 7.09. The van der Waals surface area contributed by atoms with Gasteiger partial charge in [0.05, 0.1) is 31.8 Å². The molecule has 2 aromatic heterocycles. The third kappa shape index (κ3) is 6.05. The Hall–Kier alpha value is -4.81. The number of rotatable bonds is 10. The number of nitrogens with one attached hydrogen (secondary N) is 1. The summed E-state index contributed by atoms with van der Waals surface area (Å²) in [4.78, 5) is 38.1. The standard InChI is InChI=1S/C34H35N5O6S/c1-42-25-9-8-23(30(16-25)43-2)18-37(17-22-7-10-29-31(15-22)45-21-44-29)19-32-35-27(20-46-32)33(40)38-13-11-24(12-14-38)39-28-6-4-3-5-26(28)36-34(39)41/h3-10,15-16,20,24H,11-14,17-19,21H2,1-2H3,(H,36,41). The first-order valence-corrected chi connectivity index (χ1v) is 16.1. The van der Waals surface area contributed by atoms with Gasteiger partial charge in [0.2, 0.25) is 6.79 Å². The minimum atomic E-state index is -0.104. The molecule has 1 fully saturated rings. The quantitative estimate of drug-likeness (QED) is 0.221. The predicted molar refractivity (Wildman–Crippen MR) is 174 cm³/mol. The van der Waals surface area contributed by atoms with E-state index in [1.165, 1.54) is 11.3 Å². The summed E-state index contributed by atoms with van der Waals surface area (Å²) in [6, 6.07) is 19.6. The molecule has 0 bridgehead atoms. The number of thiazole rings is 1. The van der Waals surface area contributed by atoms with Crippen molar-refractivity contribution in [1.29, 1.82) is 0 Å². The summed E-state index contributed by atoms with van der Waals surface area (Å²) in [5, 5.41) is 2.69. The summed E-state index contributed by atoms with van der Waals surface area (Å²) in [6.07, 6.45) is 1.41. The van der Waals surface area contributed by atoms with E-state index in [0.717, 1.165) is 50.2 Å². The van der Waals surface area contributed by atoms with Crippen LogP contribution in [0.5, 0.6) is 23.0 Å². The molecule has 4 heterocycles. The van der Waals surface area contributed by atoms with Crippen LogP contribution in [0.2, 0.25) is 0 Å². The van der Waals surface area contributed by atoms with Crippen LogP contribution in [0.25, 0.3) is 11.0 Å². The lowest BCUT2D eigenvalue weighted by Gasteiger charge is -2.32. The van der Waals surface area contributed by atoms with Gasteiger partial charge in [-0.25, -0.2) is 9.78 Å². The van der Waals surface area contributed by atoms with Crippen LogP contribution in [-0.4, -0.2) is 64.3 Å². The number of nitrogens with zero attached hydrogens (tertiary/aromatic N) is 4. The highest BCUT2D eigenvalue weighted by Gasteiger charge is 2.28. The van der Waals surface area contributed by atoms with Gasteiger partial charge in [-0.2, -0.15) is 0 Å². The van der Waals surface area contributed by atoms with Gasteiger partial charge in [0, 0.05) is 49.2 Å². The maximum absolute atomic E-state index is 13.5. The number of hydrogen-bond acceptors (Lipinski definition) is 9. The Morgan fingerprint density at radius 1 is 1.00 bits per heavy atom. The molecule has 3 aromatic carbocycles. The van der Waals surface area contributed by atoms with Crippen molar-refractivity contribution in [1.82, 2.24) is 24.3 Å². The molecule has 238 valence electrons. The zero-order chi connectivity index (χ0) is 31.6. The van der Waals surface area contributed by atoms with E-state index in [0.29, 0.717) is 51.3 Å². The summed E-state index contributed by atoms with van der Waals surface area (Å²) in [6.45, 7) is 3.10. The number of methoxy groups -OCH3 is 2. The Bertz CT molecular complexity index is 1920. The number of carbonyl (C=O) groups is 1. The molecule has 1 saturated heterocycles. The van der Waals surface area contributed by atoms with Crippen LogP contribution >= 0.6 is 11.3 Å². The number of benzene rings is 3. The van der Waals surface area contributed by atoms with Crippen molar-refractivity contribution in [2.24, 2.45) is 0 Å². The molecule has 11 nitrogen and oxygen atoms in total. The molecule has 0 saturated carbocycles. The zero-order valence-electron chi connectivity index (χ0n) is 25.7. The van der Waals surface area contributed by atoms with Crippen molar-refractivity contribution in [3.63, 3.8) is 0 Å². The second kappa shape index (κ2) is 12.9. The van der Waals surface area contributed by atoms with E-state index in [2.05, 4.69) is 9.88 Å². The van der Waals surface area contributed by atoms with Gasteiger partial charge in [0.1, 0.15) is 22.2 Å². The Balaban J connectivity index is 1.05. The fourth-order valence-corrected chi connectivity index (χ4v) is 7.10. The normalized spacial score (nSPS) is 14.7. The third-order valence-electron chi connectivity index (χ3n) is 8.60. The monoisotopic (exact) mass is 641 g/mol. The summed E-state index contributed by atoms with van der Waals surface area (Å²) in [5.74, 6) is 2.87. The van der Waals surface area contributed by atoms with Crippen LogP contribution in [-0.2, 0) is 19.6 Å². The molecule has 1 amide bonds. The molecule has 0 aliphatic carbocycles. The van der Waals surface area contributed by atoms with Crippen LogP contribution in [0, 0.1) is 0 Å². The second-order valence-corrected chi connectivity index (χ2v) is 12.4. The van der Waals surface area contributed by atoms with Crippen molar-refractivity contribution in [2.75, 3.05) is 34.1 Å². The van der Waals surface area contributed by atoms with Gasteiger partial charge in [-0.05, 0) is 48.7 Å². The molecule has 5 aromatic rings. The number of para-hydroxylation sites is 2. The lowest BCUT2D eigenvalue weighted by Crippen LogP contribution is -2.40. The molecular formula is C34H35N5O6S. The number of imidazole rings is 1. The van der Waals surface area contributed by atoms with E-state index in [-0.39, 0.29) is 24.4 Å². The topological polar surface area (TPSA) is 111 Å². The summed E-state index contributed by atoms with van der Waals surface area (Å²) >= 11 is 1.48. The predicted octanol–water partition coefficient (Wildman–Crippen LogP) is 5.21. The Labute approximate surface area is 269 Å². The number of hydrogen-bond donors (Lipinski definition) is 1. The lowest BCUT2D eigenvalue weighted by atomic mass is 10.0. The second-order valence-electron chi connectivity index (χ2n) is 11.5. The first-order chi connectivity index (χ1) is 22.5. The summed E-state index contributed by atoms with van der Waals surface area (Å²) < 4.78 is 24.0. The fraction of sp³-hybridized carbons (Fsp3) is 0.324. The highest BCUT2D eigenvalue weighted by Crippen LogP contribution is 2.34. The molecule has 0 atom stereocenters. The number of likely N-dealkylation sites (tertiary alicyclic amines) is 1. The molecule has 0 radical (unpaired) electrons. The highest BCUT2D eigenvalue weighted by atomic mass is 32.1. The van der Waals surface area contributed by atoms with Crippen molar-refractivity contribution < 1.29 is 23.7 Å². The summed E-state index contributed by atoms with van der Waals surface area (Å²) in [5.41, 5.74) is 4.16. The molecule has 1 N–H and O–H groups in total. The minimum Gasteiger partial charge on any atom is -0.497 e. The van der Waals surface area contributed by atoms with E-state index in [1.807, 2.05) is 75.5 Å². The van der Waals surface area contributed by atoms with Crippen molar-refractivity contribution in [3.8, 4) is 23.0 Å². The van der Waals surface area contributed by atoms with E-state index >= 15 is 0 Å². The number of amides is 1.